The average Bonchev–Trinajstić information content (AvgIpc) is 2.74. The molecule has 0 heterocycles. The first-order valence-corrected chi connectivity index (χ1v) is 10.2. The summed E-state index contributed by atoms with van der Waals surface area (Å²) in [5.74, 6) is 0.716. The second-order valence-corrected chi connectivity index (χ2v) is 7.39. The van der Waals surface area contributed by atoms with Crippen LogP contribution in [0.2, 0.25) is 0 Å². The summed E-state index contributed by atoms with van der Waals surface area (Å²) in [7, 11) is 0. The lowest BCUT2D eigenvalue weighted by Crippen LogP contribution is -2.16. The molecule has 0 radical (unpaired) electrons. The number of carbonyl (C=O) groups excluding carboxylic acids is 2. The maximum atomic E-state index is 11.4. The Bertz CT molecular complexity index is 724. The number of esters is 2. The summed E-state index contributed by atoms with van der Waals surface area (Å²) in [5.41, 5.74) is 2.09. The Morgan fingerprint density at radius 1 is 0.600 bits per heavy atom. The lowest BCUT2D eigenvalue weighted by atomic mass is 10.1. The number of rotatable bonds is 11. The van der Waals surface area contributed by atoms with Crippen LogP contribution in [0, 0.1) is 11.8 Å². The van der Waals surface area contributed by atoms with Gasteiger partial charge >= 0.3 is 11.9 Å². The van der Waals surface area contributed by atoms with Crippen molar-refractivity contribution in [3.63, 3.8) is 0 Å². The van der Waals surface area contributed by atoms with Crippen molar-refractivity contribution >= 4 is 11.9 Å². The van der Waals surface area contributed by atoms with E-state index in [-0.39, 0.29) is 37.0 Å². The third-order valence-electron chi connectivity index (χ3n) is 4.18. The van der Waals surface area contributed by atoms with Crippen molar-refractivity contribution in [2.45, 2.75) is 27.7 Å². The van der Waals surface area contributed by atoms with Crippen LogP contribution in [0.25, 0.3) is 11.1 Å². The van der Waals surface area contributed by atoms with E-state index in [2.05, 4.69) is 0 Å². The largest absolute Gasteiger partial charge is 0.490 e. The second-order valence-electron chi connectivity index (χ2n) is 7.39. The van der Waals surface area contributed by atoms with Gasteiger partial charge < -0.3 is 18.9 Å². The number of carbonyl (C=O) groups is 2. The first-order chi connectivity index (χ1) is 14.4. The summed E-state index contributed by atoms with van der Waals surface area (Å²) in [4.78, 5) is 22.8. The summed E-state index contributed by atoms with van der Waals surface area (Å²) in [6, 6.07) is 15.4. The Balaban J connectivity index is 1.76. The van der Waals surface area contributed by atoms with Gasteiger partial charge in [0.1, 0.15) is 37.9 Å². The summed E-state index contributed by atoms with van der Waals surface area (Å²) < 4.78 is 21.4. The van der Waals surface area contributed by atoms with E-state index >= 15 is 0 Å². The molecule has 0 bridgehead atoms. The fourth-order valence-electron chi connectivity index (χ4n) is 2.42. The van der Waals surface area contributed by atoms with Crippen LogP contribution in [0.4, 0.5) is 0 Å². The molecule has 0 aliphatic carbocycles. The van der Waals surface area contributed by atoms with E-state index in [1.165, 1.54) is 0 Å². The molecule has 0 N–H and O–H groups in total. The molecule has 0 aliphatic heterocycles. The zero-order chi connectivity index (χ0) is 21.9. The summed E-state index contributed by atoms with van der Waals surface area (Å²) in [6.45, 7) is 8.28. The second kappa shape index (κ2) is 11.9. The van der Waals surface area contributed by atoms with Gasteiger partial charge in [0, 0.05) is 0 Å². The maximum absolute atomic E-state index is 11.4. The van der Waals surface area contributed by atoms with Gasteiger partial charge in [0.05, 0.1) is 11.8 Å². The third kappa shape index (κ3) is 7.78. The number of hydrogen-bond donors (Lipinski definition) is 0. The van der Waals surface area contributed by atoms with Gasteiger partial charge in [-0.05, 0) is 35.4 Å². The van der Waals surface area contributed by atoms with Gasteiger partial charge in [-0.15, -0.1) is 0 Å². The van der Waals surface area contributed by atoms with Crippen LogP contribution in [0.3, 0.4) is 0 Å². The van der Waals surface area contributed by atoms with Crippen molar-refractivity contribution < 1.29 is 28.5 Å². The van der Waals surface area contributed by atoms with Gasteiger partial charge in [-0.3, -0.25) is 9.59 Å². The Morgan fingerprint density at radius 3 is 1.23 bits per heavy atom. The van der Waals surface area contributed by atoms with Crippen LogP contribution >= 0.6 is 0 Å². The molecule has 2 aromatic carbocycles. The Kier molecular flexibility index (Phi) is 9.19. The van der Waals surface area contributed by atoms with Crippen LogP contribution in [0.5, 0.6) is 11.5 Å². The average molecular weight is 414 g/mol. The minimum absolute atomic E-state index is 0.136. The molecule has 30 heavy (non-hydrogen) atoms. The van der Waals surface area contributed by atoms with E-state index in [1.54, 1.807) is 27.7 Å². The Morgan fingerprint density at radius 2 is 0.933 bits per heavy atom. The van der Waals surface area contributed by atoms with Crippen molar-refractivity contribution in [1.29, 1.82) is 0 Å². The molecule has 0 aromatic heterocycles. The number of hydrogen-bond acceptors (Lipinski definition) is 6. The molecular formula is C24H30O6. The summed E-state index contributed by atoms with van der Waals surface area (Å²) in [5, 5.41) is 0. The van der Waals surface area contributed by atoms with Crippen LogP contribution < -0.4 is 9.47 Å². The van der Waals surface area contributed by atoms with Gasteiger partial charge in [-0.2, -0.15) is 0 Å². The van der Waals surface area contributed by atoms with E-state index in [9.17, 15) is 9.59 Å². The first kappa shape index (κ1) is 23.3. The lowest BCUT2D eigenvalue weighted by molar-refractivity contribution is -0.148. The molecule has 0 amide bonds. The topological polar surface area (TPSA) is 71.1 Å². The van der Waals surface area contributed by atoms with E-state index in [0.717, 1.165) is 22.6 Å². The normalized spacial score (nSPS) is 10.7. The summed E-state index contributed by atoms with van der Waals surface area (Å²) >= 11 is 0. The van der Waals surface area contributed by atoms with Gasteiger partial charge in [0.15, 0.2) is 0 Å². The van der Waals surface area contributed by atoms with Gasteiger partial charge in [-0.1, -0.05) is 52.0 Å². The molecule has 0 spiro atoms. The van der Waals surface area contributed by atoms with Crippen molar-refractivity contribution in [3.05, 3.63) is 48.5 Å². The van der Waals surface area contributed by atoms with Crippen molar-refractivity contribution in [2.75, 3.05) is 26.4 Å². The van der Waals surface area contributed by atoms with Gasteiger partial charge in [0.2, 0.25) is 0 Å². The SMILES string of the molecule is CC(C)C(=O)OCCOc1ccc(-c2ccc(OCCOC(=O)C(C)C)cc2)cc1. The van der Waals surface area contributed by atoms with Crippen LogP contribution in [0.15, 0.2) is 48.5 Å². The quantitative estimate of drug-likeness (QED) is 0.398. The predicted octanol–water partition coefficient (Wildman–Crippen LogP) is 4.51. The Labute approximate surface area is 178 Å². The van der Waals surface area contributed by atoms with Crippen LogP contribution in [-0.4, -0.2) is 38.4 Å². The molecule has 162 valence electrons. The fraction of sp³-hybridized carbons (Fsp3) is 0.417. The predicted molar refractivity (Wildman–Crippen MR) is 114 cm³/mol. The van der Waals surface area contributed by atoms with E-state index in [4.69, 9.17) is 18.9 Å². The van der Waals surface area contributed by atoms with Crippen molar-refractivity contribution in [1.82, 2.24) is 0 Å². The molecule has 2 rings (SSSR count). The molecular weight excluding hydrogens is 384 g/mol. The zero-order valence-corrected chi connectivity index (χ0v) is 18.1. The maximum Gasteiger partial charge on any atom is 0.308 e. The van der Waals surface area contributed by atoms with Crippen LogP contribution in [-0.2, 0) is 19.1 Å². The number of ether oxygens (including phenoxy) is 4. The minimum atomic E-state index is -0.224. The molecule has 0 fully saturated rings. The molecule has 0 atom stereocenters. The van der Waals surface area contributed by atoms with Gasteiger partial charge in [-0.25, -0.2) is 0 Å². The molecule has 0 unspecified atom stereocenters. The van der Waals surface area contributed by atoms with Crippen molar-refractivity contribution in [3.8, 4) is 22.6 Å². The molecule has 6 nitrogen and oxygen atoms in total. The first-order valence-electron chi connectivity index (χ1n) is 10.2. The highest BCUT2D eigenvalue weighted by Crippen LogP contribution is 2.24. The molecule has 0 saturated carbocycles. The standard InChI is InChI=1S/C24H30O6/c1-17(2)23(25)29-15-13-27-21-9-5-19(6-10-21)20-7-11-22(12-8-20)28-14-16-30-24(26)18(3)4/h5-12,17-18H,13-16H2,1-4H3. The van der Waals surface area contributed by atoms with Crippen LogP contribution in [0.1, 0.15) is 27.7 Å². The van der Waals surface area contributed by atoms with E-state index in [0.29, 0.717) is 13.2 Å². The monoisotopic (exact) mass is 414 g/mol. The smallest absolute Gasteiger partial charge is 0.308 e. The van der Waals surface area contributed by atoms with Crippen molar-refractivity contribution in [2.24, 2.45) is 11.8 Å². The zero-order valence-electron chi connectivity index (χ0n) is 18.1. The third-order valence-corrected chi connectivity index (χ3v) is 4.18. The number of benzene rings is 2. The van der Waals surface area contributed by atoms with E-state index < -0.39 is 0 Å². The summed E-state index contributed by atoms with van der Waals surface area (Å²) in [6.07, 6.45) is 0. The lowest BCUT2D eigenvalue weighted by Gasteiger charge is -2.10. The molecule has 6 heteroatoms. The Hall–Kier alpha value is -3.02. The highest BCUT2D eigenvalue weighted by atomic mass is 16.6. The highest BCUT2D eigenvalue weighted by Gasteiger charge is 2.08. The van der Waals surface area contributed by atoms with Gasteiger partial charge in [0.25, 0.3) is 0 Å². The molecule has 0 aliphatic rings. The fourth-order valence-corrected chi connectivity index (χ4v) is 2.42. The molecule has 2 aromatic rings. The highest BCUT2D eigenvalue weighted by molar-refractivity contribution is 5.71. The van der Waals surface area contributed by atoms with E-state index in [1.807, 2.05) is 48.5 Å². The minimum Gasteiger partial charge on any atom is -0.490 e. The molecule has 0 saturated heterocycles.